The largest absolute Gasteiger partial charge is 0.449 e. The summed E-state index contributed by atoms with van der Waals surface area (Å²) in [6, 6.07) is 4.18. The van der Waals surface area contributed by atoms with Crippen LogP contribution in [0.25, 0.3) is 22.3 Å². The number of nitrogens with one attached hydrogen (secondary N) is 1. The smallest absolute Gasteiger partial charge is 0.409 e. The maximum absolute atomic E-state index is 12.3. The second-order valence-electron chi connectivity index (χ2n) is 8.00. The van der Waals surface area contributed by atoms with Crippen LogP contribution in [-0.4, -0.2) is 63.5 Å². The summed E-state index contributed by atoms with van der Waals surface area (Å²) >= 11 is 0. The Labute approximate surface area is 169 Å². The van der Waals surface area contributed by atoms with E-state index >= 15 is 0 Å². The first-order valence-corrected chi connectivity index (χ1v) is 10.3. The van der Waals surface area contributed by atoms with E-state index in [0.29, 0.717) is 19.7 Å². The monoisotopic (exact) mass is 394 g/mol. The number of hydrogen-bond donors (Lipinski definition) is 1. The maximum Gasteiger partial charge on any atom is 0.409 e. The van der Waals surface area contributed by atoms with Crippen molar-refractivity contribution in [2.24, 2.45) is 13.0 Å². The Balaban J connectivity index is 1.26. The molecule has 0 aromatic carbocycles. The van der Waals surface area contributed by atoms with E-state index in [-0.39, 0.29) is 6.09 Å². The van der Waals surface area contributed by atoms with Gasteiger partial charge in [-0.3, -0.25) is 4.68 Å². The Morgan fingerprint density at radius 2 is 2.10 bits per heavy atom. The van der Waals surface area contributed by atoms with Gasteiger partial charge in [0.1, 0.15) is 5.65 Å². The van der Waals surface area contributed by atoms with E-state index in [9.17, 15) is 4.79 Å². The number of piperazine rings is 1. The summed E-state index contributed by atoms with van der Waals surface area (Å²) in [4.78, 5) is 24.3. The second kappa shape index (κ2) is 7.42. The zero-order chi connectivity index (χ0) is 19.8. The summed E-state index contributed by atoms with van der Waals surface area (Å²) in [5.41, 5.74) is 4.05. The molecular weight excluding hydrogens is 368 g/mol. The number of pyridine rings is 1. The summed E-state index contributed by atoms with van der Waals surface area (Å²) in [6.45, 7) is 3.46. The van der Waals surface area contributed by atoms with Gasteiger partial charge in [-0.15, -0.1) is 0 Å². The van der Waals surface area contributed by atoms with Crippen molar-refractivity contribution >= 4 is 22.8 Å². The topological polar surface area (TPSA) is 79.3 Å². The van der Waals surface area contributed by atoms with Crippen LogP contribution in [-0.2, 0) is 11.8 Å². The van der Waals surface area contributed by atoms with Crippen molar-refractivity contribution in [3.05, 3.63) is 30.7 Å². The van der Waals surface area contributed by atoms with Crippen molar-refractivity contribution in [1.29, 1.82) is 0 Å². The standard InChI is InChI=1S/C21H26N6O2/c1-25-14-16(13-23-25)18-12-17-19(4-6-22-20(17)24-18)26-7-9-27(10-8-26)21(28)29-11-5-15-2-3-15/h4,6,12-15H,2-3,5,7-11H2,1H3,(H,22,24). The molecule has 1 N–H and O–H groups in total. The van der Waals surface area contributed by atoms with Crippen LogP contribution in [0.5, 0.6) is 0 Å². The SMILES string of the molecule is Cn1cc(-c2cc3c(N4CCN(C(=O)OCCC5CC5)CC4)ccnc3[nH]2)cn1. The number of aromatic nitrogens is 4. The molecule has 1 amide bonds. The van der Waals surface area contributed by atoms with Crippen molar-refractivity contribution in [2.45, 2.75) is 19.3 Å². The zero-order valence-electron chi connectivity index (χ0n) is 16.7. The third-order valence-electron chi connectivity index (χ3n) is 5.85. The number of anilines is 1. The fourth-order valence-corrected chi connectivity index (χ4v) is 3.95. The average Bonchev–Trinajstić information content (AvgIpc) is 3.28. The van der Waals surface area contributed by atoms with Crippen molar-refractivity contribution in [2.75, 3.05) is 37.7 Å². The third kappa shape index (κ3) is 3.79. The van der Waals surface area contributed by atoms with Crippen molar-refractivity contribution < 1.29 is 9.53 Å². The van der Waals surface area contributed by atoms with Crippen LogP contribution in [0.15, 0.2) is 30.7 Å². The normalized spacial score (nSPS) is 17.1. The quantitative estimate of drug-likeness (QED) is 0.720. The fourth-order valence-electron chi connectivity index (χ4n) is 3.95. The minimum absolute atomic E-state index is 0.175. The molecule has 1 aliphatic carbocycles. The zero-order valence-corrected chi connectivity index (χ0v) is 16.7. The lowest BCUT2D eigenvalue weighted by Gasteiger charge is -2.35. The number of hydrogen-bond acceptors (Lipinski definition) is 5. The number of fused-ring (bicyclic) bond motifs is 1. The number of nitrogens with zero attached hydrogens (tertiary/aromatic N) is 5. The van der Waals surface area contributed by atoms with E-state index < -0.39 is 0 Å². The molecule has 8 heteroatoms. The van der Waals surface area contributed by atoms with E-state index in [0.717, 1.165) is 53.4 Å². The minimum Gasteiger partial charge on any atom is -0.449 e. The van der Waals surface area contributed by atoms with Crippen LogP contribution >= 0.6 is 0 Å². The molecule has 3 aromatic rings. The highest BCUT2D eigenvalue weighted by atomic mass is 16.6. The average molecular weight is 394 g/mol. The first-order valence-electron chi connectivity index (χ1n) is 10.3. The van der Waals surface area contributed by atoms with E-state index in [1.165, 1.54) is 12.8 Å². The maximum atomic E-state index is 12.3. The Morgan fingerprint density at radius 3 is 2.83 bits per heavy atom. The molecule has 5 rings (SSSR count). The van der Waals surface area contributed by atoms with Gasteiger partial charge in [0.25, 0.3) is 0 Å². The highest BCUT2D eigenvalue weighted by Crippen LogP contribution is 2.32. The van der Waals surface area contributed by atoms with Gasteiger partial charge in [0.2, 0.25) is 0 Å². The van der Waals surface area contributed by atoms with Crippen LogP contribution in [0.1, 0.15) is 19.3 Å². The number of aromatic amines is 1. The third-order valence-corrected chi connectivity index (χ3v) is 5.85. The van der Waals surface area contributed by atoms with Crippen LogP contribution in [0.3, 0.4) is 0 Å². The number of aryl methyl sites for hydroxylation is 1. The van der Waals surface area contributed by atoms with E-state index in [4.69, 9.17) is 4.74 Å². The molecule has 4 heterocycles. The van der Waals surface area contributed by atoms with E-state index in [1.807, 2.05) is 36.6 Å². The van der Waals surface area contributed by atoms with Crippen molar-refractivity contribution in [3.63, 3.8) is 0 Å². The predicted octanol–water partition coefficient (Wildman–Crippen LogP) is 3.02. The van der Waals surface area contributed by atoms with Gasteiger partial charge >= 0.3 is 6.09 Å². The molecule has 0 bridgehead atoms. The molecule has 8 nitrogen and oxygen atoms in total. The molecule has 0 radical (unpaired) electrons. The van der Waals surface area contributed by atoms with Gasteiger partial charge in [-0.05, 0) is 24.5 Å². The summed E-state index contributed by atoms with van der Waals surface area (Å²) in [5, 5.41) is 5.34. The number of ether oxygens (including phenoxy) is 1. The number of carbonyl (C=O) groups is 1. The summed E-state index contributed by atoms with van der Waals surface area (Å²) in [6.07, 6.45) is 9.07. The molecule has 152 valence electrons. The predicted molar refractivity (Wildman–Crippen MR) is 111 cm³/mol. The van der Waals surface area contributed by atoms with Gasteiger partial charge in [-0.1, -0.05) is 12.8 Å². The summed E-state index contributed by atoms with van der Waals surface area (Å²) in [5.74, 6) is 0.784. The van der Waals surface area contributed by atoms with Gasteiger partial charge in [0.05, 0.1) is 18.5 Å². The van der Waals surface area contributed by atoms with Crippen molar-refractivity contribution in [3.8, 4) is 11.3 Å². The lowest BCUT2D eigenvalue weighted by Crippen LogP contribution is -2.49. The molecule has 0 atom stereocenters. The van der Waals surface area contributed by atoms with Gasteiger partial charge in [0.15, 0.2) is 0 Å². The van der Waals surface area contributed by atoms with Crippen molar-refractivity contribution in [1.82, 2.24) is 24.6 Å². The van der Waals surface area contributed by atoms with Gasteiger partial charge in [0, 0.05) is 62.3 Å². The lowest BCUT2D eigenvalue weighted by atomic mass is 10.2. The van der Waals surface area contributed by atoms with E-state index in [2.05, 4.69) is 26.0 Å². The number of amides is 1. The van der Waals surface area contributed by atoms with Gasteiger partial charge < -0.3 is 19.5 Å². The van der Waals surface area contributed by atoms with Crippen LogP contribution in [0.4, 0.5) is 10.5 Å². The molecule has 1 saturated heterocycles. The molecule has 2 aliphatic rings. The molecular formula is C21H26N6O2. The molecule has 1 aliphatic heterocycles. The first-order chi connectivity index (χ1) is 14.2. The number of carbonyl (C=O) groups excluding carboxylic acids is 1. The number of H-pyrrole nitrogens is 1. The van der Waals surface area contributed by atoms with Gasteiger partial charge in [-0.25, -0.2) is 9.78 Å². The molecule has 1 saturated carbocycles. The highest BCUT2D eigenvalue weighted by Gasteiger charge is 2.25. The van der Waals surface area contributed by atoms with Crippen LogP contribution in [0, 0.1) is 5.92 Å². The Morgan fingerprint density at radius 1 is 1.28 bits per heavy atom. The molecule has 29 heavy (non-hydrogen) atoms. The number of rotatable bonds is 5. The molecule has 0 unspecified atom stereocenters. The first kappa shape index (κ1) is 18.0. The van der Waals surface area contributed by atoms with Crippen LogP contribution < -0.4 is 4.90 Å². The minimum atomic E-state index is -0.175. The Hall–Kier alpha value is -3.03. The Bertz CT molecular complexity index is 1010. The summed E-state index contributed by atoms with van der Waals surface area (Å²) in [7, 11) is 1.91. The molecule has 3 aromatic heterocycles. The van der Waals surface area contributed by atoms with E-state index in [1.54, 1.807) is 4.68 Å². The second-order valence-corrected chi connectivity index (χ2v) is 8.00. The Kier molecular flexibility index (Phi) is 4.61. The fraction of sp³-hybridized carbons (Fsp3) is 0.476. The van der Waals surface area contributed by atoms with Crippen LogP contribution in [0.2, 0.25) is 0 Å². The molecule has 0 spiro atoms. The van der Waals surface area contributed by atoms with Gasteiger partial charge in [-0.2, -0.15) is 5.10 Å². The summed E-state index contributed by atoms with van der Waals surface area (Å²) < 4.78 is 7.23. The lowest BCUT2D eigenvalue weighted by molar-refractivity contribution is 0.0978. The highest BCUT2D eigenvalue weighted by molar-refractivity contribution is 5.93. The molecule has 2 fully saturated rings.